The van der Waals surface area contributed by atoms with Gasteiger partial charge in [0, 0.05) is 11.6 Å². The highest BCUT2D eigenvalue weighted by Crippen LogP contribution is 2.27. The molecular weight excluding hydrogens is 262 g/mol. The zero-order valence-corrected chi connectivity index (χ0v) is 10.6. The van der Waals surface area contributed by atoms with Crippen LogP contribution >= 0.6 is 11.6 Å². The summed E-state index contributed by atoms with van der Waals surface area (Å²) in [5.41, 5.74) is -0.986. The van der Waals surface area contributed by atoms with Crippen LogP contribution < -0.4 is 5.32 Å². The van der Waals surface area contributed by atoms with Crippen molar-refractivity contribution in [3.05, 3.63) is 27.4 Å². The molecule has 0 spiro atoms. The largest absolute Gasteiger partial charge is 0.481 e. The maximum atomic E-state index is 10.7. The van der Waals surface area contributed by atoms with Crippen molar-refractivity contribution in [2.75, 3.05) is 5.32 Å². The third kappa shape index (κ3) is 3.85. The zero-order chi connectivity index (χ0) is 13.9. The summed E-state index contributed by atoms with van der Waals surface area (Å²) in [6, 6.07) is 1.16. The molecule has 1 aromatic heterocycles. The van der Waals surface area contributed by atoms with Crippen molar-refractivity contribution < 1.29 is 14.8 Å². The van der Waals surface area contributed by atoms with Gasteiger partial charge in [0.15, 0.2) is 0 Å². The fourth-order valence-corrected chi connectivity index (χ4v) is 1.57. The summed E-state index contributed by atoms with van der Waals surface area (Å²) < 4.78 is 0. The molecule has 0 aliphatic carbocycles. The second-order valence-electron chi connectivity index (χ2n) is 4.36. The van der Waals surface area contributed by atoms with E-state index >= 15 is 0 Å². The van der Waals surface area contributed by atoms with E-state index in [1.165, 1.54) is 0 Å². The molecule has 98 valence electrons. The summed E-state index contributed by atoms with van der Waals surface area (Å²) in [5.74, 6) is -0.751. The van der Waals surface area contributed by atoms with Crippen LogP contribution in [0.5, 0.6) is 0 Å². The van der Waals surface area contributed by atoms with Crippen LogP contribution in [0.2, 0.25) is 5.02 Å². The van der Waals surface area contributed by atoms with Gasteiger partial charge in [-0.15, -0.1) is 0 Å². The Balaban J connectivity index is 2.92. The maximum absolute atomic E-state index is 10.7. The van der Waals surface area contributed by atoms with E-state index in [9.17, 15) is 14.9 Å². The zero-order valence-electron chi connectivity index (χ0n) is 9.81. The Morgan fingerprint density at radius 1 is 1.67 bits per heavy atom. The Kier molecular flexibility index (Phi) is 4.07. The number of carboxylic acid groups (broad SMARTS) is 1. The number of nitrogens with one attached hydrogen (secondary N) is 1. The molecule has 1 aromatic rings. The first-order chi connectivity index (χ1) is 8.21. The Morgan fingerprint density at radius 3 is 2.72 bits per heavy atom. The second-order valence-corrected chi connectivity index (χ2v) is 4.77. The number of rotatable bonds is 5. The van der Waals surface area contributed by atoms with Crippen LogP contribution in [0.25, 0.3) is 0 Å². The maximum Gasteiger partial charge on any atom is 0.305 e. The number of carbonyl (C=O) groups is 1. The summed E-state index contributed by atoms with van der Waals surface area (Å²) in [7, 11) is 0. The van der Waals surface area contributed by atoms with Gasteiger partial charge in [-0.1, -0.05) is 11.6 Å². The summed E-state index contributed by atoms with van der Waals surface area (Å²) in [6.45, 7) is 3.33. The van der Waals surface area contributed by atoms with Gasteiger partial charge in [-0.2, -0.15) is 0 Å². The SMILES string of the molecule is CC(C)(CC(=O)O)Nc1ncc([N+](=O)[O-])cc1Cl. The van der Waals surface area contributed by atoms with Crippen molar-refractivity contribution in [1.29, 1.82) is 0 Å². The molecule has 0 aliphatic rings. The Bertz CT molecular complexity index is 490. The van der Waals surface area contributed by atoms with E-state index in [4.69, 9.17) is 16.7 Å². The number of hydrogen-bond acceptors (Lipinski definition) is 5. The van der Waals surface area contributed by atoms with Gasteiger partial charge < -0.3 is 10.4 Å². The van der Waals surface area contributed by atoms with E-state index in [1.54, 1.807) is 13.8 Å². The van der Waals surface area contributed by atoms with Crippen LogP contribution in [0.1, 0.15) is 20.3 Å². The van der Waals surface area contributed by atoms with Crippen molar-refractivity contribution in [3.63, 3.8) is 0 Å². The third-order valence-corrected chi connectivity index (χ3v) is 2.38. The minimum atomic E-state index is -0.967. The number of nitro groups is 1. The third-order valence-electron chi connectivity index (χ3n) is 2.09. The van der Waals surface area contributed by atoms with Crippen LogP contribution in [0, 0.1) is 10.1 Å². The van der Waals surface area contributed by atoms with E-state index in [2.05, 4.69) is 10.3 Å². The van der Waals surface area contributed by atoms with Crippen molar-refractivity contribution >= 4 is 29.1 Å². The standard InChI is InChI=1S/C10H12ClN3O4/c1-10(2,4-8(15)16)13-9-7(11)3-6(5-12-9)14(17)18/h3,5H,4H2,1-2H3,(H,12,13)(H,15,16). The molecule has 0 saturated heterocycles. The number of aliphatic carboxylic acids is 1. The topological polar surface area (TPSA) is 105 Å². The van der Waals surface area contributed by atoms with E-state index in [0.717, 1.165) is 12.3 Å². The Morgan fingerprint density at radius 2 is 2.28 bits per heavy atom. The lowest BCUT2D eigenvalue weighted by Crippen LogP contribution is -2.34. The molecular formula is C10H12ClN3O4. The molecule has 0 fully saturated rings. The van der Waals surface area contributed by atoms with Gasteiger partial charge in [0.1, 0.15) is 12.0 Å². The predicted octanol–water partition coefficient (Wildman–Crippen LogP) is 2.31. The minimum Gasteiger partial charge on any atom is -0.481 e. The fraction of sp³-hybridized carbons (Fsp3) is 0.400. The quantitative estimate of drug-likeness (QED) is 0.630. The van der Waals surface area contributed by atoms with Crippen LogP contribution in [-0.2, 0) is 4.79 Å². The van der Waals surface area contributed by atoms with E-state index in [1.807, 2.05) is 0 Å². The number of aromatic nitrogens is 1. The second kappa shape index (κ2) is 5.18. The highest BCUT2D eigenvalue weighted by atomic mass is 35.5. The highest BCUT2D eigenvalue weighted by molar-refractivity contribution is 6.33. The first-order valence-corrected chi connectivity index (χ1v) is 5.39. The van der Waals surface area contributed by atoms with Crippen molar-refractivity contribution in [1.82, 2.24) is 4.98 Å². The van der Waals surface area contributed by atoms with Gasteiger partial charge in [-0.05, 0) is 13.8 Å². The van der Waals surface area contributed by atoms with Gasteiger partial charge >= 0.3 is 5.97 Å². The normalized spacial score (nSPS) is 11.1. The van der Waals surface area contributed by atoms with E-state index in [-0.39, 0.29) is 22.9 Å². The molecule has 0 amide bonds. The molecule has 0 radical (unpaired) electrons. The summed E-state index contributed by atoms with van der Waals surface area (Å²) in [5, 5.41) is 22.1. The number of halogens is 1. The minimum absolute atomic E-state index is 0.0719. The smallest absolute Gasteiger partial charge is 0.305 e. The van der Waals surface area contributed by atoms with Crippen molar-refractivity contribution in [2.24, 2.45) is 0 Å². The van der Waals surface area contributed by atoms with E-state index < -0.39 is 16.4 Å². The lowest BCUT2D eigenvalue weighted by atomic mass is 10.0. The molecule has 0 aromatic carbocycles. The van der Waals surface area contributed by atoms with Gasteiger partial charge in [0.25, 0.3) is 5.69 Å². The van der Waals surface area contributed by atoms with Crippen molar-refractivity contribution in [3.8, 4) is 0 Å². The Hall–Kier alpha value is -1.89. The van der Waals surface area contributed by atoms with Crippen LogP contribution in [0.4, 0.5) is 11.5 Å². The molecule has 8 heteroatoms. The lowest BCUT2D eigenvalue weighted by Gasteiger charge is -2.25. The summed E-state index contributed by atoms with van der Waals surface area (Å²) >= 11 is 5.84. The summed E-state index contributed by atoms with van der Waals surface area (Å²) in [4.78, 5) is 24.4. The predicted molar refractivity (Wildman–Crippen MR) is 65.9 cm³/mol. The van der Waals surface area contributed by atoms with Gasteiger partial charge in [0.05, 0.1) is 16.4 Å². The Labute approximate surface area is 108 Å². The molecule has 7 nitrogen and oxygen atoms in total. The molecule has 0 unspecified atom stereocenters. The highest BCUT2D eigenvalue weighted by Gasteiger charge is 2.23. The average molecular weight is 274 g/mol. The molecule has 1 heterocycles. The number of anilines is 1. The fourth-order valence-electron chi connectivity index (χ4n) is 1.36. The van der Waals surface area contributed by atoms with E-state index in [0.29, 0.717) is 0 Å². The molecule has 0 atom stereocenters. The monoisotopic (exact) mass is 273 g/mol. The van der Waals surface area contributed by atoms with Crippen LogP contribution in [-0.4, -0.2) is 26.5 Å². The molecule has 2 N–H and O–H groups in total. The lowest BCUT2D eigenvalue weighted by molar-refractivity contribution is -0.385. The van der Waals surface area contributed by atoms with Crippen LogP contribution in [0.15, 0.2) is 12.3 Å². The van der Waals surface area contributed by atoms with Gasteiger partial charge in [0.2, 0.25) is 0 Å². The van der Waals surface area contributed by atoms with Crippen LogP contribution in [0.3, 0.4) is 0 Å². The van der Waals surface area contributed by atoms with Crippen molar-refractivity contribution in [2.45, 2.75) is 25.8 Å². The first kappa shape index (κ1) is 14.2. The molecule has 0 saturated carbocycles. The number of nitrogens with zero attached hydrogens (tertiary/aromatic N) is 2. The summed E-state index contributed by atoms with van der Waals surface area (Å²) in [6.07, 6.45) is 0.924. The number of carboxylic acids is 1. The number of hydrogen-bond donors (Lipinski definition) is 2. The molecule has 1 rings (SSSR count). The average Bonchev–Trinajstić information content (AvgIpc) is 2.18. The molecule has 18 heavy (non-hydrogen) atoms. The number of pyridine rings is 1. The van der Waals surface area contributed by atoms with Gasteiger partial charge in [-0.25, -0.2) is 4.98 Å². The molecule has 0 aliphatic heterocycles. The molecule has 0 bridgehead atoms. The first-order valence-electron chi connectivity index (χ1n) is 5.01. The van der Waals surface area contributed by atoms with Gasteiger partial charge in [-0.3, -0.25) is 14.9 Å².